The van der Waals surface area contributed by atoms with Gasteiger partial charge >= 0.3 is 0 Å². The van der Waals surface area contributed by atoms with Crippen LogP contribution in [0.25, 0.3) is 0 Å². The highest BCUT2D eigenvalue weighted by Crippen LogP contribution is 2.26. The Labute approximate surface area is 145 Å². The Bertz CT molecular complexity index is 428. The average molecular weight is 372 g/mol. The van der Waals surface area contributed by atoms with Crippen molar-refractivity contribution < 1.29 is 17.9 Å². The Morgan fingerprint density at radius 1 is 1.30 bits per heavy atom. The summed E-state index contributed by atoms with van der Waals surface area (Å²) >= 11 is 0. The SMILES string of the molecule is CCOCCS(=O)(=O)NCC(=O)NC(CN)C1CCCCC1.Cl. The summed E-state index contributed by atoms with van der Waals surface area (Å²) in [5.74, 6) is -0.0740. The molecule has 23 heavy (non-hydrogen) atoms. The highest BCUT2D eigenvalue weighted by Gasteiger charge is 2.24. The molecule has 1 amide bonds. The number of ether oxygens (including phenoxy) is 1. The third-order valence-corrected chi connectivity index (χ3v) is 5.26. The van der Waals surface area contributed by atoms with Crippen LogP contribution in [0.5, 0.6) is 0 Å². The number of nitrogens with two attached hydrogens (primary N) is 1. The first-order chi connectivity index (χ1) is 10.5. The molecule has 1 saturated carbocycles. The maximum Gasteiger partial charge on any atom is 0.235 e. The molecular weight excluding hydrogens is 342 g/mol. The van der Waals surface area contributed by atoms with Crippen molar-refractivity contribution in [3.8, 4) is 0 Å². The standard InChI is InChI=1S/C14H29N3O4S.ClH/c1-2-21-8-9-22(19,20)16-11-14(18)17-13(10-15)12-6-4-3-5-7-12;/h12-13,16H,2-11,15H2,1H3,(H,17,18);1H. The van der Waals surface area contributed by atoms with Crippen molar-refractivity contribution in [2.24, 2.45) is 11.7 Å². The van der Waals surface area contributed by atoms with Crippen LogP contribution in [-0.2, 0) is 19.6 Å². The van der Waals surface area contributed by atoms with Crippen LogP contribution < -0.4 is 15.8 Å². The molecule has 1 aliphatic carbocycles. The van der Waals surface area contributed by atoms with E-state index in [9.17, 15) is 13.2 Å². The number of hydrogen-bond donors (Lipinski definition) is 3. The first-order valence-corrected chi connectivity index (χ1v) is 9.68. The molecule has 1 fully saturated rings. The number of halogens is 1. The molecule has 4 N–H and O–H groups in total. The van der Waals surface area contributed by atoms with Gasteiger partial charge < -0.3 is 15.8 Å². The summed E-state index contributed by atoms with van der Waals surface area (Å²) in [5, 5.41) is 2.85. The predicted octanol–water partition coefficient (Wildman–Crippen LogP) is 0.388. The molecule has 1 unspecified atom stereocenters. The van der Waals surface area contributed by atoms with Crippen molar-refractivity contribution in [1.82, 2.24) is 10.0 Å². The number of carbonyl (C=O) groups excluding carboxylic acids is 1. The molecule has 0 aromatic carbocycles. The second kappa shape index (κ2) is 12.0. The Balaban J connectivity index is 0.00000484. The van der Waals surface area contributed by atoms with Gasteiger partial charge in [0.25, 0.3) is 0 Å². The van der Waals surface area contributed by atoms with Crippen LogP contribution in [-0.4, -0.2) is 52.4 Å². The number of amides is 1. The zero-order valence-corrected chi connectivity index (χ0v) is 15.4. The number of sulfonamides is 1. The Kier molecular flexibility index (Phi) is 11.8. The van der Waals surface area contributed by atoms with Crippen molar-refractivity contribution in [1.29, 1.82) is 0 Å². The van der Waals surface area contributed by atoms with Crippen LogP contribution in [0, 0.1) is 5.92 Å². The number of carbonyl (C=O) groups is 1. The van der Waals surface area contributed by atoms with Crippen LogP contribution >= 0.6 is 12.4 Å². The normalized spacial score (nSPS) is 17.3. The fraction of sp³-hybridized carbons (Fsp3) is 0.929. The molecule has 0 aromatic rings. The smallest absolute Gasteiger partial charge is 0.235 e. The van der Waals surface area contributed by atoms with Gasteiger partial charge in [0.1, 0.15) is 0 Å². The second-order valence-corrected chi connectivity index (χ2v) is 7.57. The third-order valence-electron chi connectivity index (χ3n) is 3.97. The monoisotopic (exact) mass is 371 g/mol. The summed E-state index contributed by atoms with van der Waals surface area (Å²) in [4.78, 5) is 11.9. The van der Waals surface area contributed by atoms with Gasteiger partial charge in [0.15, 0.2) is 0 Å². The maximum absolute atomic E-state index is 11.9. The first kappa shape index (κ1) is 22.6. The molecule has 1 aliphatic rings. The van der Waals surface area contributed by atoms with Gasteiger partial charge in [0.2, 0.25) is 15.9 Å². The minimum Gasteiger partial charge on any atom is -0.381 e. The van der Waals surface area contributed by atoms with Crippen LogP contribution in [0.4, 0.5) is 0 Å². The van der Waals surface area contributed by atoms with E-state index in [1.807, 2.05) is 0 Å². The van der Waals surface area contributed by atoms with Crippen LogP contribution in [0.1, 0.15) is 39.0 Å². The van der Waals surface area contributed by atoms with E-state index in [-0.39, 0.29) is 43.3 Å². The number of rotatable bonds is 10. The molecule has 1 atom stereocenters. The molecule has 0 heterocycles. The summed E-state index contributed by atoms with van der Waals surface area (Å²) in [7, 11) is -3.48. The van der Waals surface area contributed by atoms with E-state index in [1.54, 1.807) is 6.92 Å². The van der Waals surface area contributed by atoms with Crippen molar-refractivity contribution in [3.63, 3.8) is 0 Å². The predicted molar refractivity (Wildman–Crippen MR) is 93.1 cm³/mol. The van der Waals surface area contributed by atoms with E-state index in [0.717, 1.165) is 12.8 Å². The maximum atomic E-state index is 11.9. The van der Waals surface area contributed by atoms with Gasteiger partial charge in [-0.1, -0.05) is 19.3 Å². The minimum absolute atomic E-state index is 0. The summed E-state index contributed by atoms with van der Waals surface area (Å²) in [6.45, 7) is 2.52. The molecule has 1 rings (SSSR count). The zero-order chi connectivity index (χ0) is 16.4. The summed E-state index contributed by atoms with van der Waals surface area (Å²) in [5.41, 5.74) is 5.74. The molecular formula is C14H30ClN3O4S. The molecule has 138 valence electrons. The lowest BCUT2D eigenvalue weighted by Gasteiger charge is -2.30. The Morgan fingerprint density at radius 2 is 1.96 bits per heavy atom. The quantitative estimate of drug-likeness (QED) is 0.481. The van der Waals surface area contributed by atoms with Crippen LogP contribution in [0.3, 0.4) is 0 Å². The summed E-state index contributed by atoms with van der Waals surface area (Å²) < 4.78 is 30.6. The van der Waals surface area contributed by atoms with Gasteiger partial charge in [0.05, 0.1) is 18.9 Å². The molecule has 0 aromatic heterocycles. The lowest BCUT2D eigenvalue weighted by atomic mass is 9.84. The topological polar surface area (TPSA) is 111 Å². The summed E-state index contributed by atoms with van der Waals surface area (Å²) in [6.07, 6.45) is 5.72. The van der Waals surface area contributed by atoms with E-state index >= 15 is 0 Å². The minimum atomic E-state index is -3.48. The molecule has 0 spiro atoms. The van der Waals surface area contributed by atoms with Gasteiger partial charge in [-0.15, -0.1) is 12.4 Å². The van der Waals surface area contributed by atoms with E-state index in [1.165, 1.54) is 19.3 Å². The lowest BCUT2D eigenvalue weighted by Crippen LogP contribution is -2.49. The Hall–Kier alpha value is -0.410. The van der Waals surface area contributed by atoms with Gasteiger partial charge in [-0.05, 0) is 25.7 Å². The molecule has 9 heteroatoms. The molecule has 0 bridgehead atoms. The molecule has 0 aliphatic heterocycles. The van der Waals surface area contributed by atoms with Crippen molar-refractivity contribution >= 4 is 28.3 Å². The fourth-order valence-electron chi connectivity index (χ4n) is 2.72. The first-order valence-electron chi connectivity index (χ1n) is 8.03. The summed E-state index contributed by atoms with van der Waals surface area (Å²) in [6, 6.07) is -0.0688. The fourth-order valence-corrected chi connectivity index (χ4v) is 3.56. The van der Waals surface area contributed by atoms with Crippen molar-refractivity contribution in [2.45, 2.75) is 45.1 Å². The highest BCUT2D eigenvalue weighted by atomic mass is 35.5. The van der Waals surface area contributed by atoms with Gasteiger partial charge in [-0.25, -0.2) is 13.1 Å². The van der Waals surface area contributed by atoms with Gasteiger partial charge in [-0.2, -0.15) is 0 Å². The van der Waals surface area contributed by atoms with E-state index in [4.69, 9.17) is 10.5 Å². The van der Waals surface area contributed by atoms with Gasteiger partial charge in [-0.3, -0.25) is 4.79 Å². The number of nitrogens with one attached hydrogen (secondary N) is 2. The van der Waals surface area contributed by atoms with E-state index in [0.29, 0.717) is 19.1 Å². The van der Waals surface area contributed by atoms with Crippen molar-refractivity contribution in [2.75, 3.05) is 32.1 Å². The van der Waals surface area contributed by atoms with E-state index < -0.39 is 10.0 Å². The average Bonchev–Trinajstić information content (AvgIpc) is 2.52. The van der Waals surface area contributed by atoms with Gasteiger partial charge in [0, 0.05) is 19.2 Å². The largest absolute Gasteiger partial charge is 0.381 e. The van der Waals surface area contributed by atoms with E-state index in [2.05, 4.69) is 10.0 Å². The van der Waals surface area contributed by atoms with Crippen LogP contribution in [0.15, 0.2) is 0 Å². The Morgan fingerprint density at radius 3 is 2.52 bits per heavy atom. The molecule has 0 radical (unpaired) electrons. The third kappa shape index (κ3) is 9.46. The lowest BCUT2D eigenvalue weighted by molar-refractivity contribution is -0.121. The molecule has 7 nitrogen and oxygen atoms in total. The second-order valence-electron chi connectivity index (χ2n) is 5.64. The highest BCUT2D eigenvalue weighted by molar-refractivity contribution is 7.89. The van der Waals surface area contributed by atoms with Crippen LogP contribution in [0.2, 0.25) is 0 Å². The molecule has 0 saturated heterocycles. The van der Waals surface area contributed by atoms with Crippen molar-refractivity contribution in [3.05, 3.63) is 0 Å². The zero-order valence-electron chi connectivity index (χ0n) is 13.8. The number of hydrogen-bond acceptors (Lipinski definition) is 5.